The maximum Gasteiger partial charge on any atom is 0.136 e. The van der Waals surface area contributed by atoms with Crippen molar-refractivity contribution in [1.29, 1.82) is 0 Å². The number of nitrogens with zero attached hydrogens (tertiary/aromatic N) is 2. The van der Waals surface area contributed by atoms with Gasteiger partial charge in [0.1, 0.15) is 10.8 Å². The van der Waals surface area contributed by atoms with Gasteiger partial charge in [0.25, 0.3) is 0 Å². The first-order valence-corrected chi connectivity index (χ1v) is 7.27. The van der Waals surface area contributed by atoms with Crippen LogP contribution in [0.25, 0.3) is 0 Å². The Morgan fingerprint density at radius 2 is 2.32 bits per heavy atom. The Labute approximate surface area is 120 Å². The number of pyridine rings is 1. The molecule has 19 heavy (non-hydrogen) atoms. The summed E-state index contributed by atoms with van der Waals surface area (Å²) in [6, 6.07) is 2.73. The van der Waals surface area contributed by atoms with E-state index in [1.807, 2.05) is 13.0 Å². The van der Waals surface area contributed by atoms with Crippen molar-refractivity contribution in [3.05, 3.63) is 23.4 Å². The van der Waals surface area contributed by atoms with Crippen molar-refractivity contribution in [3.63, 3.8) is 0 Å². The van der Waals surface area contributed by atoms with Crippen LogP contribution in [-0.4, -0.2) is 40.5 Å². The Balaban J connectivity index is 1.95. The lowest BCUT2D eigenvalue weighted by atomic mass is 10.1. The Bertz CT molecular complexity index is 457. The van der Waals surface area contributed by atoms with E-state index in [0.717, 1.165) is 42.6 Å². The molecule has 1 aliphatic carbocycles. The van der Waals surface area contributed by atoms with Crippen LogP contribution in [0.3, 0.4) is 0 Å². The second kappa shape index (κ2) is 6.30. The fourth-order valence-electron chi connectivity index (χ4n) is 2.36. The highest BCUT2D eigenvalue weighted by molar-refractivity contribution is 7.80. The molecule has 0 spiro atoms. The number of thiocarbonyl (C=S) groups is 1. The van der Waals surface area contributed by atoms with Crippen molar-refractivity contribution >= 4 is 23.0 Å². The summed E-state index contributed by atoms with van der Waals surface area (Å²) in [5.41, 5.74) is 7.71. The van der Waals surface area contributed by atoms with Gasteiger partial charge in [0.2, 0.25) is 0 Å². The number of hydrogen-bond donors (Lipinski definition) is 2. The molecule has 1 aliphatic rings. The van der Waals surface area contributed by atoms with Gasteiger partial charge in [-0.2, -0.15) is 0 Å². The molecule has 1 saturated carbocycles. The molecule has 0 atom stereocenters. The van der Waals surface area contributed by atoms with Crippen molar-refractivity contribution in [2.45, 2.75) is 32.7 Å². The Morgan fingerprint density at radius 1 is 1.58 bits per heavy atom. The van der Waals surface area contributed by atoms with Gasteiger partial charge >= 0.3 is 0 Å². The number of nitrogens with two attached hydrogens (primary N) is 1. The molecule has 0 aliphatic heterocycles. The van der Waals surface area contributed by atoms with Crippen LogP contribution in [0.2, 0.25) is 0 Å². The smallest absolute Gasteiger partial charge is 0.136 e. The van der Waals surface area contributed by atoms with Crippen molar-refractivity contribution in [2.75, 3.05) is 25.0 Å². The SMILES string of the molecule is CCN(CCNc1nccc(C)c1C(N)=S)C1CC1. The molecule has 1 heterocycles. The highest BCUT2D eigenvalue weighted by Crippen LogP contribution is 2.26. The molecule has 1 aromatic heterocycles. The van der Waals surface area contributed by atoms with E-state index in [1.165, 1.54) is 12.8 Å². The van der Waals surface area contributed by atoms with E-state index in [2.05, 4.69) is 22.1 Å². The number of aryl methyl sites for hydroxylation is 1. The maximum absolute atomic E-state index is 5.77. The van der Waals surface area contributed by atoms with Gasteiger partial charge in [0, 0.05) is 25.3 Å². The number of anilines is 1. The Kier molecular flexibility index (Phi) is 4.71. The number of nitrogens with one attached hydrogen (secondary N) is 1. The van der Waals surface area contributed by atoms with Gasteiger partial charge in [0.15, 0.2) is 0 Å². The zero-order valence-electron chi connectivity index (χ0n) is 11.6. The van der Waals surface area contributed by atoms with Gasteiger partial charge in [0.05, 0.1) is 5.56 Å². The molecular formula is C14H22N4S. The summed E-state index contributed by atoms with van der Waals surface area (Å²) in [7, 11) is 0. The first-order chi connectivity index (χ1) is 9.13. The largest absolute Gasteiger partial charge is 0.389 e. The molecule has 2 rings (SSSR count). The molecule has 0 bridgehead atoms. The minimum Gasteiger partial charge on any atom is -0.389 e. The molecule has 0 amide bonds. The quantitative estimate of drug-likeness (QED) is 0.746. The minimum absolute atomic E-state index is 0.405. The summed E-state index contributed by atoms with van der Waals surface area (Å²) < 4.78 is 0. The minimum atomic E-state index is 0.405. The summed E-state index contributed by atoms with van der Waals surface area (Å²) in [5, 5.41) is 3.36. The second-order valence-electron chi connectivity index (χ2n) is 5.00. The topological polar surface area (TPSA) is 54.2 Å². The third-order valence-corrected chi connectivity index (χ3v) is 3.77. The van der Waals surface area contributed by atoms with E-state index in [4.69, 9.17) is 18.0 Å². The molecule has 0 saturated heterocycles. The maximum atomic E-state index is 5.77. The second-order valence-corrected chi connectivity index (χ2v) is 5.44. The van der Waals surface area contributed by atoms with Crippen LogP contribution in [0.15, 0.2) is 12.3 Å². The third kappa shape index (κ3) is 3.64. The molecule has 5 heteroatoms. The van der Waals surface area contributed by atoms with Crippen molar-refractivity contribution in [2.24, 2.45) is 5.73 Å². The Hall–Kier alpha value is -1.20. The fraction of sp³-hybridized carbons (Fsp3) is 0.571. The highest BCUT2D eigenvalue weighted by atomic mass is 32.1. The number of aromatic nitrogens is 1. The molecule has 1 aromatic rings. The molecule has 0 radical (unpaired) electrons. The van der Waals surface area contributed by atoms with Crippen LogP contribution >= 0.6 is 12.2 Å². The van der Waals surface area contributed by atoms with Crippen LogP contribution in [0.5, 0.6) is 0 Å². The molecule has 1 fully saturated rings. The molecular weight excluding hydrogens is 256 g/mol. The first kappa shape index (κ1) is 14.2. The van der Waals surface area contributed by atoms with E-state index in [9.17, 15) is 0 Å². The monoisotopic (exact) mass is 278 g/mol. The molecule has 3 N–H and O–H groups in total. The first-order valence-electron chi connectivity index (χ1n) is 6.86. The van der Waals surface area contributed by atoms with Gasteiger partial charge in [-0.15, -0.1) is 0 Å². The molecule has 104 valence electrons. The van der Waals surface area contributed by atoms with Crippen LogP contribution < -0.4 is 11.1 Å². The lowest BCUT2D eigenvalue weighted by Crippen LogP contribution is -2.31. The zero-order chi connectivity index (χ0) is 13.8. The number of hydrogen-bond acceptors (Lipinski definition) is 4. The van der Waals surface area contributed by atoms with Gasteiger partial charge in [-0.1, -0.05) is 19.1 Å². The lowest BCUT2D eigenvalue weighted by molar-refractivity contribution is 0.289. The fourth-order valence-corrected chi connectivity index (χ4v) is 2.62. The van der Waals surface area contributed by atoms with Gasteiger partial charge in [-0.25, -0.2) is 4.98 Å². The predicted octanol–water partition coefficient (Wildman–Crippen LogP) is 1.92. The summed E-state index contributed by atoms with van der Waals surface area (Å²) in [6.07, 6.45) is 4.47. The summed E-state index contributed by atoms with van der Waals surface area (Å²) in [4.78, 5) is 7.26. The predicted molar refractivity (Wildman–Crippen MR) is 83.6 cm³/mol. The molecule has 0 aromatic carbocycles. The van der Waals surface area contributed by atoms with E-state index >= 15 is 0 Å². The molecule has 0 unspecified atom stereocenters. The van der Waals surface area contributed by atoms with Crippen molar-refractivity contribution in [3.8, 4) is 0 Å². The zero-order valence-corrected chi connectivity index (χ0v) is 12.5. The number of rotatable bonds is 7. The normalized spacial score (nSPS) is 14.7. The van der Waals surface area contributed by atoms with Gasteiger partial charge in [-0.3, -0.25) is 4.90 Å². The van der Waals surface area contributed by atoms with Gasteiger partial charge < -0.3 is 11.1 Å². The van der Waals surface area contributed by atoms with Crippen molar-refractivity contribution in [1.82, 2.24) is 9.88 Å². The molecule has 4 nitrogen and oxygen atoms in total. The highest BCUT2D eigenvalue weighted by Gasteiger charge is 2.27. The van der Waals surface area contributed by atoms with Crippen LogP contribution in [0.4, 0.5) is 5.82 Å². The van der Waals surface area contributed by atoms with Crippen LogP contribution in [-0.2, 0) is 0 Å². The van der Waals surface area contributed by atoms with Crippen LogP contribution in [0, 0.1) is 6.92 Å². The van der Waals surface area contributed by atoms with E-state index in [-0.39, 0.29) is 0 Å². The van der Waals surface area contributed by atoms with E-state index in [1.54, 1.807) is 6.20 Å². The van der Waals surface area contributed by atoms with Crippen LogP contribution in [0.1, 0.15) is 30.9 Å². The van der Waals surface area contributed by atoms with E-state index < -0.39 is 0 Å². The summed E-state index contributed by atoms with van der Waals surface area (Å²) in [5.74, 6) is 0.805. The Morgan fingerprint density at radius 3 is 2.89 bits per heavy atom. The van der Waals surface area contributed by atoms with Gasteiger partial charge in [-0.05, 0) is 37.9 Å². The summed E-state index contributed by atoms with van der Waals surface area (Å²) in [6.45, 7) is 7.23. The lowest BCUT2D eigenvalue weighted by Gasteiger charge is -2.20. The van der Waals surface area contributed by atoms with E-state index in [0.29, 0.717) is 4.99 Å². The third-order valence-electron chi connectivity index (χ3n) is 3.57. The summed E-state index contributed by atoms with van der Waals surface area (Å²) >= 11 is 5.10. The average Bonchev–Trinajstić information content (AvgIpc) is 3.18. The van der Waals surface area contributed by atoms with Crippen molar-refractivity contribution < 1.29 is 0 Å². The number of likely N-dealkylation sites (N-methyl/N-ethyl adjacent to an activating group) is 1. The average molecular weight is 278 g/mol. The standard InChI is InChI=1S/C14H22N4S/c1-3-18(11-4-5-11)9-8-17-14-12(13(15)19)10(2)6-7-16-14/h6-7,11H,3-5,8-9H2,1-2H3,(H2,15,19)(H,16,17).